The predicted molar refractivity (Wildman–Crippen MR) is 151 cm³/mol. The third-order valence-corrected chi connectivity index (χ3v) is 7.83. The minimum atomic E-state index is -1.06. The maximum Gasteiger partial charge on any atom is 0.252 e. The number of amides is 3. The van der Waals surface area contributed by atoms with Crippen molar-refractivity contribution in [2.75, 3.05) is 11.9 Å². The molecule has 2 unspecified atom stereocenters. The second-order valence-electron chi connectivity index (χ2n) is 10.9. The van der Waals surface area contributed by atoms with Gasteiger partial charge in [-0.15, -0.1) is 0 Å². The molecule has 0 radical (unpaired) electrons. The molecule has 2 aromatic rings. The predicted octanol–water partition coefficient (Wildman–Crippen LogP) is 3.79. The van der Waals surface area contributed by atoms with Gasteiger partial charge in [-0.2, -0.15) is 0 Å². The number of carbonyl (C=O) groups is 3. The van der Waals surface area contributed by atoms with Gasteiger partial charge in [-0.25, -0.2) is 0 Å². The van der Waals surface area contributed by atoms with Crippen LogP contribution in [0.1, 0.15) is 57.3 Å². The molecule has 0 spiro atoms. The van der Waals surface area contributed by atoms with Gasteiger partial charge in [0.25, 0.3) is 5.91 Å². The highest BCUT2D eigenvalue weighted by molar-refractivity contribution is 7.99. The van der Waals surface area contributed by atoms with E-state index in [0.717, 1.165) is 21.2 Å². The number of benzene rings is 2. The summed E-state index contributed by atoms with van der Waals surface area (Å²) in [4.78, 5) is 41.9. The molecule has 2 aliphatic rings. The van der Waals surface area contributed by atoms with Crippen molar-refractivity contribution in [2.24, 2.45) is 11.8 Å². The van der Waals surface area contributed by atoms with Crippen LogP contribution in [0.25, 0.3) is 0 Å². The largest absolute Gasteiger partial charge is 0.366 e. The Morgan fingerprint density at radius 1 is 0.949 bits per heavy atom. The number of hydrogen-bond acceptors (Lipinski definition) is 7. The maximum atomic E-state index is 13.4. The SMILES string of the molecule is CC(C)CC(NC(=O)c1ccc2c(c1)Nc1ccccc1S2)C(=O)N[C@@H](CC(C)C)C(=O)N[C@H]1CCOC1O. The lowest BCUT2D eigenvalue weighted by atomic mass is 9.99. The van der Waals surface area contributed by atoms with E-state index in [4.69, 9.17) is 4.74 Å². The Hall–Kier alpha value is -3.08. The monoisotopic (exact) mass is 554 g/mol. The third-order valence-electron chi connectivity index (χ3n) is 6.68. The van der Waals surface area contributed by atoms with Crippen molar-refractivity contribution in [1.29, 1.82) is 0 Å². The number of aliphatic hydroxyl groups excluding tert-OH is 1. The van der Waals surface area contributed by atoms with Crippen LogP contribution in [0.4, 0.5) is 11.4 Å². The van der Waals surface area contributed by atoms with Gasteiger partial charge in [0.05, 0.1) is 24.0 Å². The fraction of sp³-hybridized carbons (Fsp3) is 0.483. The fourth-order valence-electron chi connectivity index (χ4n) is 4.70. The molecule has 210 valence electrons. The van der Waals surface area contributed by atoms with Crippen LogP contribution in [0.15, 0.2) is 52.3 Å². The number of ether oxygens (including phenoxy) is 1. The summed E-state index contributed by atoms with van der Waals surface area (Å²) in [5.74, 6) is -0.890. The number of para-hydroxylation sites is 1. The Labute approximate surface area is 233 Å². The van der Waals surface area contributed by atoms with E-state index in [1.807, 2.05) is 58.0 Å². The van der Waals surface area contributed by atoms with Crippen LogP contribution >= 0.6 is 11.8 Å². The van der Waals surface area contributed by atoms with Gasteiger partial charge >= 0.3 is 0 Å². The lowest BCUT2D eigenvalue weighted by Crippen LogP contribution is -2.56. The van der Waals surface area contributed by atoms with Gasteiger partial charge in [-0.05, 0) is 61.4 Å². The number of hydrogen-bond donors (Lipinski definition) is 5. The van der Waals surface area contributed by atoms with Gasteiger partial charge in [-0.1, -0.05) is 51.6 Å². The molecule has 2 aromatic carbocycles. The van der Waals surface area contributed by atoms with Crippen LogP contribution in [-0.4, -0.2) is 53.9 Å². The zero-order valence-corrected chi connectivity index (χ0v) is 23.6. The molecule has 10 heteroatoms. The number of nitrogens with one attached hydrogen (secondary N) is 4. The highest BCUT2D eigenvalue weighted by Crippen LogP contribution is 2.44. The van der Waals surface area contributed by atoms with E-state index in [-0.39, 0.29) is 23.7 Å². The normalized spacial score (nSPS) is 19.5. The molecule has 0 saturated carbocycles. The molecule has 4 atom stereocenters. The molecule has 2 aliphatic heterocycles. The first-order valence-corrected chi connectivity index (χ1v) is 14.3. The molecule has 9 nitrogen and oxygen atoms in total. The lowest BCUT2D eigenvalue weighted by Gasteiger charge is -2.26. The number of carbonyl (C=O) groups excluding carboxylic acids is 3. The Morgan fingerprint density at radius 2 is 1.62 bits per heavy atom. The van der Waals surface area contributed by atoms with E-state index in [9.17, 15) is 19.5 Å². The molecule has 0 aliphatic carbocycles. The summed E-state index contributed by atoms with van der Waals surface area (Å²) in [7, 11) is 0. The van der Waals surface area contributed by atoms with Gasteiger partial charge in [0.15, 0.2) is 6.29 Å². The molecule has 1 saturated heterocycles. The summed E-state index contributed by atoms with van der Waals surface area (Å²) in [6, 6.07) is 11.3. The van der Waals surface area contributed by atoms with Gasteiger partial charge in [-0.3, -0.25) is 14.4 Å². The van der Waals surface area contributed by atoms with Crippen molar-refractivity contribution in [3.63, 3.8) is 0 Å². The average molecular weight is 555 g/mol. The molecule has 2 heterocycles. The molecule has 5 N–H and O–H groups in total. The van der Waals surface area contributed by atoms with Gasteiger partial charge in [0.1, 0.15) is 12.1 Å². The topological polar surface area (TPSA) is 129 Å². The standard InChI is InChI=1S/C29H38N4O5S/c1-16(2)13-22(28(36)33-23(14-17(3)4)27(35)31-20-11-12-38-29(20)37)32-26(34)18-9-10-25-21(15-18)30-19-7-5-6-8-24(19)39-25/h5-10,15-17,20,22-23,29-30,37H,11-14H2,1-4H3,(H,31,35)(H,32,34)(H,33,36)/t20-,22?,23-,29?/m0/s1. The average Bonchev–Trinajstić information content (AvgIpc) is 3.29. The quantitative estimate of drug-likeness (QED) is 0.258. The third kappa shape index (κ3) is 7.52. The molecular weight excluding hydrogens is 516 g/mol. The van der Waals surface area contributed by atoms with Gasteiger partial charge in [0.2, 0.25) is 11.8 Å². The molecule has 4 rings (SSSR count). The first kappa shape index (κ1) is 28.9. The summed E-state index contributed by atoms with van der Waals surface area (Å²) in [6.45, 7) is 8.24. The van der Waals surface area contributed by atoms with Crippen LogP contribution < -0.4 is 21.3 Å². The molecule has 1 fully saturated rings. The summed E-state index contributed by atoms with van der Waals surface area (Å²) >= 11 is 1.64. The lowest BCUT2D eigenvalue weighted by molar-refractivity contribution is -0.132. The van der Waals surface area contributed by atoms with E-state index < -0.39 is 30.3 Å². The maximum absolute atomic E-state index is 13.4. The van der Waals surface area contributed by atoms with E-state index in [2.05, 4.69) is 21.3 Å². The van der Waals surface area contributed by atoms with Crippen LogP contribution in [0.5, 0.6) is 0 Å². The number of fused-ring (bicyclic) bond motifs is 2. The van der Waals surface area contributed by atoms with Gasteiger partial charge in [0, 0.05) is 15.4 Å². The van der Waals surface area contributed by atoms with Crippen LogP contribution in [0, 0.1) is 11.8 Å². The molecular formula is C29H38N4O5S. The van der Waals surface area contributed by atoms with Crippen molar-refractivity contribution in [2.45, 2.75) is 81.2 Å². The van der Waals surface area contributed by atoms with Crippen LogP contribution in [0.2, 0.25) is 0 Å². The van der Waals surface area contributed by atoms with Crippen molar-refractivity contribution < 1.29 is 24.2 Å². The van der Waals surface area contributed by atoms with Crippen molar-refractivity contribution in [3.05, 3.63) is 48.0 Å². The molecule has 3 amide bonds. The second kappa shape index (κ2) is 12.8. The first-order chi connectivity index (χ1) is 18.6. The van der Waals surface area contributed by atoms with Crippen molar-refractivity contribution >= 4 is 40.9 Å². The smallest absolute Gasteiger partial charge is 0.252 e. The Bertz CT molecular complexity index is 1200. The van der Waals surface area contributed by atoms with Crippen molar-refractivity contribution in [3.8, 4) is 0 Å². The van der Waals surface area contributed by atoms with Crippen LogP contribution in [-0.2, 0) is 14.3 Å². The minimum Gasteiger partial charge on any atom is -0.366 e. The van der Waals surface area contributed by atoms with Gasteiger partial charge < -0.3 is 31.1 Å². The highest BCUT2D eigenvalue weighted by atomic mass is 32.2. The van der Waals surface area contributed by atoms with E-state index in [1.165, 1.54) is 0 Å². The van der Waals surface area contributed by atoms with Crippen LogP contribution in [0.3, 0.4) is 0 Å². The number of anilines is 2. The highest BCUT2D eigenvalue weighted by Gasteiger charge is 2.33. The summed E-state index contributed by atoms with van der Waals surface area (Å²) < 4.78 is 5.13. The first-order valence-electron chi connectivity index (χ1n) is 13.5. The summed E-state index contributed by atoms with van der Waals surface area (Å²) in [5, 5.41) is 21.8. The molecule has 39 heavy (non-hydrogen) atoms. The summed E-state index contributed by atoms with van der Waals surface area (Å²) in [6.07, 6.45) is 0.269. The van der Waals surface area contributed by atoms with E-state index >= 15 is 0 Å². The number of rotatable bonds is 10. The second-order valence-corrected chi connectivity index (χ2v) is 12.0. The number of aliphatic hydroxyl groups is 1. The summed E-state index contributed by atoms with van der Waals surface area (Å²) in [5.41, 5.74) is 2.26. The Morgan fingerprint density at radius 3 is 2.28 bits per heavy atom. The minimum absolute atomic E-state index is 0.127. The Kier molecular flexibility index (Phi) is 9.53. The molecule has 0 aromatic heterocycles. The fourth-order valence-corrected chi connectivity index (χ4v) is 5.67. The Balaban J connectivity index is 1.45. The zero-order chi connectivity index (χ0) is 28.1. The van der Waals surface area contributed by atoms with E-state index in [0.29, 0.717) is 31.4 Å². The zero-order valence-electron chi connectivity index (χ0n) is 22.8. The van der Waals surface area contributed by atoms with E-state index in [1.54, 1.807) is 23.9 Å². The molecule has 0 bridgehead atoms. The van der Waals surface area contributed by atoms with Crippen molar-refractivity contribution in [1.82, 2.24) is 16.0 Å².